The maximum atomic E-state index is 11.8. The van der Waals surface area contributed by atoms with E-state index in [4.69, 9.17) is 4.74 Å². The van der Waals surface area contributed by atoms with E-state index < -0.39 is 6.09 Å². The second-order valence-corrected chi connectivity index (χ2v) is 6.08. The van der Waals surface area contributed by atoms with E-state index in [9.17, 15) is 4.79 Å². The summed E-state index contributed by atoms with van der Waals surface area (Å²) in [5.74, 6) is 2.21. The van der Waals surface area contributed by atoms with Gasteiger partial charge in [-0.2, -0.15) is 11.8 Å². The van der Waals surface area contributed by atoms with Crippen molar-refractivity contribution < 1.29 is 9.53 Å². The van der Waals surface area contributed by atoms with Crippen molar-refractivity contribution in [3.63, 3.8) is 0 Å². The molecule has 2 aromatic carbocycles. The molecule has 108 valence electrons. The Kier molecular flexibility index (Phi) is 4.46. The molecular formula is C17H17NO2S. The average Bonchev–Trinajstić information content (AvgIpc) is 2.54. The van der Waals surface area contributed by atoms with Crippen LogP contribution >= 0.6 is 11.8 Å². The molecule has 0 aromatic heterocycles. The zero-order chi connectivity index (χ0) is 14.5. The number of ether oxygens (including phenoxy) is 1. The van der Waals surface area contributed by atoms with Crippen LogP contribution in [0.3, 0.4) is 0 Å². The van der Waals surface area contributed by atoms with Crippen molar-refractivity contribution in [3.8, 4) is 0 Å². The van der Waals surface area contributed by atoms with Crippen LogP contribution in [0.1, 0.15) is 16.7 Å². The molecule has 1 amide bonds. The Hall–Kier alpha value is -1.94. The molecule has 1 heterocycles. The van der Waals surface area contributed by atoms with Gasteiger partial charge in [-0.05, 0) is 41.0 Å². The smallest absolute Gasteiger partial charge is 0.411 e. The minimum absolute atomic E-state index is 0.286. The second kappa shape index (κ2) is 6.68. The monoisotopic (exact) mass is 299 g/mol. The number of nitrogens with one attached hydrogen (secondary N) is 1. The number of carbonyl (C=O) groups is 1. The third-order valence-corrected chi connectivity index (χ3v) is 4.45. The fourth-order valence-electron chi connectivity index (χ4n) is 2.32. The quantitative estimate of drug-likeness (QED) is 0.922. The fraction of sp³-hybridized carbons (Fsp3) is 0.235. The number of fused-ring (bicyclic) bond motifs is 1. The molecule has 1 aliphatic heterocycles. The average molecular weight is 299 g/mol. The maximum Gasteiger partial charge on any atom is 0.411 e. The first-order valence-electron chi connectivity index (χ1n) is 6.98. The Balaban J connectivity index is 1.57. The van der Waals surface area contributed by atoms with Crippen LogP contribution in [-0.2, 0) is 23.5 Å². The van der Waals surface area contributed by atoms with Gasteiger partial charge in [-0.15, -0.1) is 0 Å². The largest absolute Gasteiger partial charge is 0.444 e. The maximum absolute atomic E-state index is 11.8. The number of aryl methyl sites for hydroxylation is 1. The van der Waals surface area contributed by atoms with E-state index in [-0.39, 0.29) is 6.61 Å². The lowest BCUT2D eigenvalue weighted by Crippen LogP contribution is -2.14. The van der Waals surface area contributed by atoms with Gasteiger partial charge in [0.1, 0.15) is 6.61 Å². The minimum Gasteiger partial charge on any atom is -0.444 e. The highest BCUT2D eigenvalue weighted by molar-refractivity contribution is 7.98. The van der Waals surface area contributed by atoms with E-state index in [1.807, 2.05) is 48.2 Å². The lowest BCUT2D eigenvalue weighted by molar-refractivity contribution is 0.155. The molecule has 0 aliphatic carbocycles. The van der Waals surface area contributed by atoms with Gasteiger partial charge >= 0.3 is 6.09 Å². The summed E-state index contributed by atoms with van der Waals surface area (Å²) >= 11 is 1.95. The van der Waals surface area contributed by atoms with Crippen LogP contribution in [0.25, 0.3) is 0 Å². The van der Waals surface area contributed by atoms with Gasteiger partial charge in [0.05, 0.1) is 0 Å². The highest BCUT2D eigenvalue weighted by Gasteiger charge is 2.11. The molecule has 0 fully saturated rings. The van der Waals surface area contributed by atoms with Crippen molar-refractivity contribution in [1.82, 2.24) is 0 Å². The number of hydrogen-bond acceptors (Lipinski definition) is 3. The third kappa shape index (κ3) is 3.79. The van der Waals surface area contributed by atoms with E-state index in [1.165, 1.54) is 11.1 Å². The number of hydrogen-bond donors (Lipinski definition) is 1. The minimum atomic E-state index is -0.413. The normalized spacial score (nSPS) is 13.3. The Morgan fingerprint density at radius 2 is 2.00 bits per heavy atom. The van der Waals surface area contributed by atoms with Crippen molar-refractivity contribution in [2.24, 2.45) is 0 Å². The standard InChI is InChI=1S/C17H17NO2S/c19-17(20-11-13-4-2-1-3-5-13)18-16-7-6-15-12-21-9-8-14(15)10-16/h1-7,10H,8-9,11-12H2,(H,18,19). The van der Waals surface area contributed by atoms with Crippen LogP contribution in [-0.4, -0.2) is 11.8 Å². The zero-order valence-corrected chi connectivity index (χ0v) is 12.5. The van der Waals surface area contributed by atoms with Crippen LogP contribution in [0, 0.1) is 0 Å². The summed E-state index contributed by atoms with van der Waals surface area (Å²) in [6, 6.07) is 15.8. The van der Waals surface area contributed by atoms with E-state index in [0.29, 0.717) is 0 Å². The highest BCUT2D eigenvalue weighted by atomic mass is 32.2. The molecule has 2 aromatic rings. The predicted octanol–water partition coefficient (Wildman–Crippen LogP) is 4.22. The predicted molar refractivity (Wildman–Crippen MR) is 86.6 cm³/mol. The molecule has 0 bridgehead atoms. The molecule has 0 saturated carbocycles. The van der Waals surface area contributed by atoms with Gasteiger partial charge < -0.3 is 4.74 Å². The molecular weight excluding hydrogens is 282 g/mol. The summed E-state index contributed by atoms with van der Waals surface area (Å²) in [6.45, 7) is 0.286. The molecule has 0 atom stereocenters. The molecule has 21 heavy (non-hydrogen) atoms. The first-order valence-corrected chi connectivity index (χ1v) is 8.14. The Morgan fingerprint density at radius 3 is 2.86 bits per heavy atom. The molecule has 4 heteroatoms. The van der Waals surface area contributed by atoms with E-state index in [0.717, 1.165) is 29.2 Å². The van der Waals surface area contributed by atoms with Gasteiger partial charge in [0.15, 0.2) is 0 Å². The van der Waals surface area contributed by atoms with Crippen molar-refractivity contribution in [1.29, 1.82) is 0 Å². The summed E-state index contributed by atoms with van der Waals surface area (Å²) in [7, 11) is 0. The van der Waals surface area contributed by atoms with Crippen LogP contribution < -0.4 is 5.32 Å². The SMILES string of the molecule is O=C(Nc1ccc2c(c1)CCSC2)OCc1ccccc1. The first-order chi connectivity index (χ1) is 10.3. The van der Waals surface area contributed by atoms with Crippen LogP contribution in [0.2, 0.25) is 0 Å². The molecule has 0 saturated heterocycles. The Bertz CT molecular complexity index is 628. The molecule has 1 N–H and O–H groups in total. The first kappa shape index (κ1) is 14.0. The zero-order valence-electron chi connectivity index (χ0n) is 11.7. The Morgan fingerprint density at radius 1 is 1.14 bits per heavy atom. The number of thioether (sulfide) groups is 1. The van der Waals surface area contributed by atoms with E-state index in [2.05, 4.69) is 17.4 Å². The summed E-state index contributed by atoms with van der Waals surface area (Å²) in [4.78, 5) is 11.8. The summed E-state index contributed by atoms with van der Waals surface area (Å²) < 4.78 is 5.22. The van der Waals surface area contributed by atoms with Gasteiger partial charge in [-0.1, -0.05) is 36.4 Å². The Labute approximate surface area is 128 Å². The topological polar surface area (TPSA) is 38.3 Å². The second-order valence-electron chi connectivity index (χ2n) is 4.97. The number of rotatable bonds is 3. The molecule has 3 rings (SSSR count). The summed E-state index contributed by atoms with van der Waals surface area (Å²) in [6.07, 6.45) is 0.651. The van der Waals surface area contributed by atoms with Gasteiger partial charge in [0.2, 0.25) is 0 Å². The molecule has 1 aliphatic rings. The molecule has 0 spiro atoms. The van der Waals surface area contributed by atoms with Gasteiger partial charge in [0.25, 0.3) is 0 Å². The van der Waals surface area contributed by atoms with Gasteiger partial charge in [0, 0.05) is 11.4 Å². The van der Waals surface area contributed by atoms with Crippen LogP contribution in [0.5, 0.6) is 0 Å². The van der Waals surface area contributed by atoms with Crippen molar-refractivity contribution >= 4 is 23.5 Å². The number of benzene rings is 2. The van der Waals surface area contributed by atoms with E-state index in [1.54, 1.807) is 0 Å². The number of anilines is 1. The van der Waals surface area contributed by atoms with E-state index >= 15 is 0 Å². The summed E-state index contributed by atoms with van der Waals surface area (Å²) in [5, 5.41) is 2.79. The van der Waals surface area contributed by atoms with Gasteiger partial charge in [-0.25, -0.2) is 4.79 Å². The lowest BCUT2D eigenvalue weighted by atomic mass is 10.1. The fourth-order valence-corrected chi connectivity index (χ4v) is 3.33. The molecule has 0 unspecified atom stereocenters. The molecule has 0 radical (unpaired) electrons. The van der Waals surface area contributed by atoms with Crippen LogP contribution in [0.4, 0.5) is 10.5 Å². The lowest BCUT2D eigenvalue weighted by Gasteiger charge is -2.16. The van der Waals surface area contributed by atoms with Crippen molar-refractivity contribution in [2.75, 3.05) is 11.1 Å². The number of carbonyl (C=O) groups excluding carboxylic acids is 1. The summed E-state index contributed by atoms with van der Waals surface area (Å²) in [5.41, 5.74) is 4.48. The van der Waals surface area contributed by atoms with Gasteiger partial charge in [-0.3, -0.25) is 5.32 Å². The third-order valence-electron chi connectivity index (χ3n) is 3.44. The molecule has 3 nitrogen and oxygen atoms in total. The van der Waals surface area contributed by atoms with Crippen molar-refractivity contribution in [2.45, 2.75) is 18.8 Å². The van der Waals surface area contributed by atoms with Crippen LogP contribution in [0.15, 0.2) is 48.5 Å². The van der Waals surface area contributed by atoms with Crippen molar-refractivity contribution in [3.05, 3.63) is 65.2 Å². The highest BCUT2D eigenvalue weighted by Crippen LogP contribution is 2.26. The number of amides is 1.